The molecule has 0 radical (unpaired) electrons. The van der Waals surface area contributed by atoms with Crippen LogP contribution in [0.25, 0.3) is 22.7 Å². The van der Waals surface area contributed by atoms with Crippen LogP contribution < -0.4 is 20.9 Å². The van der Waals surface area contributed by atoms with E-state index >= 15 is 0 Å². The molecule has 2 fully saturated rings. The van der Waals surface area contributed by atoms with E-state index in [0.717, 1.165) is 30.8 Å². The molecule has 1 amide bonds. The molecule has 4 aromatic heterocycles. The highest BCUT2D eigenvalue weighted by molar-refractivity contribution is 6.05. The topological polar surface area (TPSA) is 143 Å². The van der Waals surface area contributed by atoms with E-state index < -0.39 is 5.91 Å². The van der Waals surface area contributed by atoms with Gasteiger partial charge < -0.3 is 34.4 Å². The van der Waals surface area contributed by atoms with Crippen molar-refractivity contribution >= 4 is 34.7 Å². The standard InChI is InChI=1S/C24H26N8O4/c1-14-10-15(2-5-26-14)23-29-18(13-35-23)22(33)28-17-11-19-21(30-20(17)27-16-3-4-25-12-16)31-24(36-19)32-6-8-34-9-7-32/h2,5,10-11,13,16,25H,3-4,6-9,12H2,1H3,(H,27,30)(H,28,33)/t16-/m0/s1. The minimum Gasteiger partial charge on any atom is -0.444 e. The van der Waals surface area contributed by atoms with Gasteiger partial charge in [0.1, 0.15) is 6.26 Å². The lowest BCUT2D eigenvalue weighted by molar-refractivity contribution is 0.102. The molecule has 2 aliphatic rings. The number of nitrogens with one attached hydrogen (secondary N) is 3. The van der Waals surface area contributed by atoms with E-state index in [-0.39, 0.29) is 11.7 Å². The molecule has 3 N–H and O–H groups in total. The Morgan fingerprint density at radius 1 is 1.19 bits per heavy atom. The number of anilines is 3. The summed E-state index contributed by atoms with van der Waals surface area (Å²) in [6.07, 6.45) is 3.96. The van der Waals surface area contributed by atoms with Gasteiger partial charge in [-0.3, -0.25) is 9.78 Å². The van der Waals surface area contributed by atoms with Crippen molar-refractivity contribution in [3.8, 4) is 11.5 Å². The zero-order valence-corrected chi connectivity index (χ0v) is 19.8. The summed E-state index contributed by atoms with van der Waals surface area (Å²) in [7, 11) is 0. The highest BCUT2D eigenvalue weighted by atomic mass is 16.5. The fourth-order valence-electron chi connectivity index (χ4n) is 4.29. The predicted molar refractivity (Wildman–Crippen MR) is 132 cm³/mol. The van der Waals surface area contributed by atoms with Gasteiger partial charge in [-0.2, -0.15) is 4.98 Å². The molecular weight excluding hydrogens is 464 g/mol. The third-order valence-electron chi connectivity index (χ3n) is 6.18. The normalized spacial score (nSPS) is 18.0. The van der Waals surface area contributed by atoms with E-state index in [2.05, 4.69) is 30.9 Å². The largest absolute Gasteiger partial charge is 0.444 e. The first-order valence-corrected chi connectivity index (χ1v) is 11.9. The van der Waals surface area contributed by atoms with Crippen molar-refractivity contribution in [1.29, 1.82) is 0 Å². The molecule has 2 aliphatic heterocycles. The van der Waals surface area contributed by atoms with Crippen LogP contribution in [0.2, 0.25) is 0 Å². The van der Waals surface area contributed by atoms with Gasteiger partial charge >= 0.3 is 0 Å². The summed E-state index contributed by atoms with van der Waals surface area (Å²) in [6.45, 7) is 6.24. The molecule has 36 heavy (non-hydrogen) atoms. The summed E-state index contributed by atoms with van der Waals surface area (Å²) >= 11 is 0. The lowest BCUT2D eigenvalue weighted by Crippen LogP contribution is -2.36. The number of amides is 1. The van der Waals surface area contributed by atoms with Crippen molar-refractivity contribution < 1.29 is 18.4 Å². The monoisotopic (exact) mass is 490 g/mol. The first-order chi connectivity index (χ1) is 17.6. The summed E-state index contributed by atoms with van der Waals surface area (Å²) in [6, 6.07) is 6.05. The summed E-state index contributed by atoms with van der Waals surface area (Å²) < 4.78 is 17.0. The number of aryl methyl sites for hydroxylation is 1. The van der Waals surface area contributed by atoms with Crippen LogP contribution in [-0.2, 0) is 4.74 Å². The average molecular weight is 491 g/mol. The van der Waals surface area contributed by atoms with Gasteiger partial charge in [0, 0.05) is 49.2 Å². The van der Waals surface area contributed by atoms with E-state index in [1.165, 1.54) is 6.26 Å². The summed E-state index contributed by atoms with van der Waals surface area (Å²) in [5, 5.41) is 9.68. The van der Waals surface area contributed by atoms with Crippen LogP contribution in [0.15, 0.2) is 39.5 Å². The Morgan fingerprint density at radius 2 is 2.08 bits per heavy atom. The Labute approximate surface area is 206 Å². The van der Waals surface area contributed by atoms with Crippen molar-refractivity contribution in [2.24, 2.45) is 0 Å². The second-order valence-electron chi connectivity index (χ2n) is 8.81. The quantitative estimate of drug-likeness (QED) is 0.367. The molecule has 0 spiro atoms. The van der Waals surface area contributed by atoms with E-state index in [1.54, 1.807) is 18.3 Å². The number of rotatable bonds is 6. The van der Waals surface area contributed by atoms with Crippen molar-refractivity contribution in [3.05, 3.63) is 42.0 Å². The van der Waals surface area contributed by atoms with Crippen LogP contribution in [0.5, 0.6) is 0 Å². The van der Waals surface area contributed by atoms with Gasteiger partial charge in [-0.25, -0.2) is 9.97 Å². The van der Waals surface area contributed by atoms with Crippen molar-refractivity contribution in [2.75, 3.05) is 54.9 Å². The van der Waals surface area contributed by atoms with Crippen LogP contribution >= 0.6 is 0 Å². The van der Waals surface area contributed by atoms with E-state index in [9.17, 15) is 4.79 Å². The van der Waals surface area contributed by atoms with Crippen molar-refractivity contribution in [3.63, 3.8) is 0 Å². The Kier molecular flexibility index (Phi) is 5.95. The summed E-state index contributed by atoms with van der Waals surface area (Å²) in [5.74, 6) is 0.456. The molecule has 6 heterocycles. The summed E-state index contributed by atoms with van der Waals surface area (Å²) in [5.41, 5.74) is 3.16. The smallest absolute Gasteiger partial charge is 0.300 e. The van der Waals surface area contributed by atoms with Gasteiger partial charge in [0.2, 0.25) is 11.5 Å². The molecule has 0 saturated carbocycles. The van der Waals surface area contributed by atoms with Gasteiger partial charge in [0.15, 0.2) is 17.1 Å². The molecule has 12 nitrogen and oxygen atoms in total. The lowest BCUT2D eigenvalue weighted by atomic mass is 10.2. The SMILES string of the molecule is Cc1cc(-c2nc(C(=O)Nc3cc4oc(N5CCOCC5)nc4nc3N[C@H]3CCNC3)co2)ccn1. The second-order valence-corrected chi connectivity index (χ2v) is 8.81. The second kappa shape index (κ2) is 9.55. The molecule has 12 heteroatoms. The Hall–Kier alpha value is -4.03. The maximum Gasteiger partial charge on any atom is 0.300 e. The summed E-state index contributed by atoms with van der Waals surface area (Å²) in [4.78, 5) is 33.0. The Morgan fingerprint density at radius 3 is 2.89 bits per heavy atom. The van der Waals surface area contributed by atoms with Gasteiger partial charge in [0.25, 0.3) is 11.9 Å². The molecular formula is C24H26N8O4. The molecule has 4 aromatic rings. The number of carbonyl (C=O) groups is 1. The minimum atomic E-state index is -0.419. The fraction of sp³-hybridized carbons (Fsp3) is 0.375. The number of carbonyl (C=O) groups excluding carboxylic acids is 1. The zero-order valence-electron chi connectivity index (χ0n) is 19.8. The zero-order chi connectivity index (χ0) is 24.5. The van der Waals surface area contributed by atoms with Crippen LogP contribution in [0.1, 0.15) is 22.6 Å². The average Bonchev–Trinajstić information content (AvgIpc) is 3.66. The highest BCUT2D eigenvalue weighted by Gasteiger charge is 2.23. The number of nitrogens with zero attached hydrogens (tertiary/aromatic N) is 5. The molecule has 2 saturated heterocycles. The number of pyridine rings is 2. The number of morpholine rings is 1. The van der Waals surface area contributed by atoms with Crippen LogP contribution in [0, 0.1) is 6.92 Å². The van der Waals surface area contributed by atoms with Crippen LogP contribution in [0.4, 0.5) is 17.5 Å². The molecule has 0 aliphatic carbocycles. The lowest BCUT2D eigenvalue weighted by Gasteiger charge is -2.24. The Bertz CT molecular complexity index is 1390. The maximum atomic E-state index is 13.1. The predicted octanol–water partition coefficient (Wildman–Crippen LogP) is 2.44. The molecule has 0 bridgehead atoms. The number of hydrogen-bond acceptors (Lipinski definition) is 11. The van der Waals surface area contributed by atoms with Crippen LogP contribution in [0.3, 0.4) is 0 Å². The van der Waals surface area contributed by atoms with E-state index in [0.29, 0.717) is 60.9 Å². The van der Waals surface area contributed by atoms with E-state index in [4.69, 9.17) is 18.6 Å². The van der Waals surface area contributed by atoms with Crippen LogP contribution in [-0.4, -0.2) is 71.3 Å². The molecule has 186 valence electrons. The molecule has 1 atom stereocenters. The number of ether oxygens (including phenoxy) is 1. The highest BCUT2D eigenvalue weighted by Crippen LogP contribution is 2.30. The number of oxazole rings is 2. The first-order valence-electron chi connectivity index (χ1n) is 11.9. The molecule has 6 rings (SSSR count). The van der Waals surface area contributed by atoms with Crippen molar-refractivity contribution in [1.82, 2.24) is 25.3 Å². The number of fused-ring (bicyclic) bond motifs is 1. The third kappa shape index (κ3) is 4.60. The van der Waals surface area contributed by atoms with Crippen molar-refractivity contribution in [2.45, 2.75) is 19.4 Å². The number of aromatic nitrogens is 4. The fourth-order valence-corrected chi connectivity index (χ4v) is 4.29. The number of hydrogen-bond donors (Lipinski definition) is 3. The van der Waals surface area contributed by atoms with E-state index in [1.807, 2.05) is 17.9 Å². The van der Waals surface area contributed by atoms with Gasteiger partial charge in [-0.1, -0.05) is 0 Å². The van der Waals surface area contributed by atoms with Gasteiger partial charge in [0.05, 0.1) is 18.9 Å². The molecule has 0 aromatic carbocycles. The molecule has 0 unspecified atom stereocenters. The first kappa shape index (κ1) is 22.4. The third-order valence-corrected chi connectivity index (χ3v) is 6.18. The maximum absolute atomic E-state index is 13.1. The minimum absolute atomic E-state index is 0.152. The van der Waals surface area contributed by atoms with Gasteiger partial charge in [-0.05, 0) is 32.0 Å². The van der Waals surface area contributed by atoms with Gasteiger partial charge in [-0.15, -0.1) is 0 Å². The Balaban J connectivity index is 1.29.